The molecule has 1 aliphatic heterocycles. The number of alkyl halides is 3. The molecule has 1 amide bonds. The van der Waals surface area contributed by atoms with Crippen molar-refractivity contribution in [2.75, 3.05) is 11.5 Å². The number of anilines is 1. The minimum absolute atomic E-state index is 0.214. The van der Waals surface area contributed by atoms with Gasteiger partial charge in [-0.3, -0.25) is 4.90 Å². The lowest BCUT2D eigenvalue weighted by molar-refractivity contribution is -0.137. The number of hydrogen-bond donors (Lipinski definition) is 0. The molecular formula is C15H16F3NO2. The Hall–Kier alpha value is -1.98. The Kier molecular flexibility index (Phi) is 4.25. The summed E-state index contributed by atoms with van der Waals surface area (Å²) in [5.74, 6) is 0. The van der Waals surface area contributed by atoms with Crippen molar-refractivity contribution in [1.29, 1.82) is 0 Å². The van der Waals surface area contributed by atoms with Crippen molar-refractivity contribution in [2.45, 2.75) is 32.5 Å². The zero-order valence-corrected chi connectivity index (χ0v) is 11.8. The van der Waals surface area contributed by atoms with Gasteiger partial charge in [0.05, 0.1) is 23.9 Å². The number of ether oxygens (including phenoxy) is 1. The molecule has 0 bridgehead atoms. The van der Waals surface area contributed by atoms with Gasteiger partial charge in [0, 0.05) is 0 Å². The smallest absolute Gasteiger partial charge is 0.416 e. The van der Waals surface area contributed by atoms with E-state index in [0.717, 1.165) is 12.1 Å². The molecule has 0 N–H and O–H groups in total. The Morgan fingerprint density at radius 2 is 2.05 bits per heavy atom. The van der Waals surface area contributed by atoms with Gasteiger partial charge >= 0.3 is 12.3 Å². The lowest BCUT2D eigenvalue weighted by atomic mass is 9.99. The maximum absolute atomic E-state index is 12.7. The monoisotopic (exact) mass is 299 g/mol. The predicted molar refractivity (Wildman–Crippen MR) is 74.1 cm³/mol. The first-order valence-corrected chi connectivity index (χ1v) is 6.74. The van der Waals surface area contributed by atoms with Crippen molar-refractivity contribution in [1.82, 2.24) is 0 Å². The van der Waals surface area contributed by atoms with Gasteiger partial charge in [-0.05, 0) is 37.1 Å². The molecule has 1 atom stereocenters. The zero-order valence-electron chi connectivity index (χ0n) is 11.8. The SMILES string of the molecule is CCOC(=O)N1c2ccc(C(F)(F)F)cc2C=C[C@H]1CC. The molecule has 114 valence electrons. The molecule has 2 rings (SSSR count). The fourth-order valence-corrected chi connectivity index (χ4v) is 2.31. The minimum atomic E-state index is -4.40. The van der Waals surface area contributed by atoms with Crippen LogP contribution in [0.5, 0.6) is 0 Å². The Bertz CT molecular complexity index is 567. The van der Waals surface area contributed by atoms with Crippen LogP contribution in [0.1, 0.15) is 31.4 Å². The van der Waals surface area contributed by atoms with Crippen LogP contribution in [0.15, 0.2) is 24.3 Å². The molecule has 1 heterocycles. The second-order valence-corrected chi connectivity index (χ2v) is 4.67. The largest absolute Gasteiger partial charge is 0.449 e. The van der Waals surface area contributed by atoms with E-state index < -0.39 is 17.8 Å². The number of benzene rings is 1. The molecule has 1 aromatic rings. The Morgan fingerprint density at radius 3 is 2.62 bits per heavy atom. The first kappa shape index (κ1) is 15.4. The zero-order chi connectivity index (χ0) is 15.6. The number of rotatable bonds is 2. The summed E-state index contributed by atoms with van der Waals surface area (Å²) in [5.41, 5.74) is 0.0723. The van der Waals surface area contributed by atoms with Crippen LogP contribution in [0.25, 0.3) is 6.08 Å². The van der Waals surface area contributed by atoms with Gasteiger partial charge in [-0.25, -0.2) is 4.79 Å². The number of carbonyl (C=O) groups excluding carboxylic acids is 1. The molecule has 6 heteroatoms. The van der Waals surface area contributed by atoms with Crippen molar-refractivity contribution in [3.05, 3.63) is 35.4 Å². The van der Waals surface area contributed by atoms with Gasteiger partial charge in [-0.15, -0.1) is 0 Å². The van der Waals surface area contributed by atoms with Gasteiger partial charge in [0.15, 0.2) is 0 Å². The van der Waals surface area contributed by atoms with Gasteiger partial charge in [-0.2, -0.15) is 13.2 Å². The molecule has 0 saturated carbocycles. The molecule has 21 heavy (non-hydrogen) atoms. The molecule has 1 aliphatic rings. The van der Waals surface area contributed by atoms with Crippen molar-refractivity contribution in [3.63, 3.8) is 0 Å². The van der Waals surface area contributed by atoms with Crippen molar-refractivity contribution in [2.24, 2.45) is 0 Å². The highest BCUT2D eigenvalue weighted by molar-refractivity contribution is 5.93. The van der Waals surface area contributed by atoms with E-state index in [1.807, 2.05) is 6.92 Å². The second-order valence-electron chi connectivity index (χ2n) is 4.67. The third kappa shape index (κ3) is 3.04. The van der Waals surface area contributed by atoms with Crippen molar-refractivity contribution >= 4 is 17.9 Å². The van der Waals surface area contributed by atoms with E-state index in [0.29, 0.717) is 17.7 Å². The van der Waals surface area contributed by atoms with E-state index >= 15 is 0 Å². The summed E-state index contributed by atoms with van der Waals surface area (Å²) in [6.07, 6.45) is -0.960. The number of nitrogens with zero attached hydrogens (tertiary/aromatic N) is 1. The maximum atomic E-state index is 12.7. The summed E-state index contributed by atoms with van der Waals surface area (Å²) in [6, 6.07) is 3.13. The van der Waals surface area contributed by atoms with Crippen LogP contribution in [0, 0.1) is 0 Å². The first-order valence-electron chi connectivity index (χ1n) is 6.74. The number of hydrogen-bond acceptors (Lipinski definition) is 2. The molecular weight excluding hydrogens is 283 g/mol. The lowest BCUT2D eigenvalue weighted by Crippen LogP contribution is -2.41. The molecule has 0 saturated heterocycles. The molecule has 3 nitrogen and oxygen atoms in total. The second kappa shape index (κ2) is 5.79. The van der Waals surface area contributed by atoms with E-state index in [2.05, 4.69) is 0 Å². The molecule has 0 fully saturated rings. The molecule has 0 spiro atoms. The third-order valence-electron chi connectivity index (χ3n) is 3.33. The van der Waals surface area contributed by atoms with Crippen LogP contribution in [0.4, 0.5) is 23.7 Å². The number of fused-ring (bicyclic) bond motifs is 1. The molecule has 0 radical (unpaired) electrons. The van der Waals surface area contributed by atoms with Crippen LogP contribution >= 0.6 is 0 Å². The highest BCUT2D eigenvalue weighted by Crippen LogP contribution is 2.36. The summed E-state index contributed by atoms with van der Waals surface area (Å²) in [5, 5.41) is 0. The van der Waals surface area contributed by atoms with Gasteiger partial charge in [0.1, 0.15) is 0 Å². The topological polar surface area (TPSA) is 29.5 Å². The fourth-order valence-electron chi connectivity index (χ4n) is 2.31. The maximum Gasteiger partial charge on any atom is 0.416 e. The summed E-state index contributed by atoms with van der Waals surface area (Å²) in [4.78, 5) is 13.5. The highest BCUT2D eigenvalue weighted by Gasteiger charge is 2.33. The van der Waals surface area contributed by atoms with Crippen LogP contribution in [0.3, 0.4) is 0 Å². The lowest BCUT2D eigenvalue weighted by Gasteiger charge is -2.32. The molecule has 0 aromatic heterocycles. The summed E-state index contributed by atoms with van der Waals surface area (Å²) >= 11 is 0. The predicted octanol–water partition coefficient (Wildman–Crippen LogP) is 4.47. The molecule has 0 unspecified atom stereocenters. The van der Waals surface area contributed by atoms with Crippen LogP contribution < -0.4 is 4.90 Å². The highest BCUT2D eigenvalue weighted by atomic mass is 19.4. The summed E-state index contributed by atoms with van der Waals surface area (Å²) in [6.45, 7) is 3.80. The van der Waals surface area contributed by atoms with Crippen molar-refractivity contribution < 1.29 is 22.7 Å². The average molecular weight is 299 g/mol. The van der Waals surface area contributed by atoms with Gasteiger partial charge < -0.3 is 4.74 Å². The summed E-state index contributed by atoms with van der Waals surface area (Å²) < 4.78 is 43.2. The summed E-state index contributed by atoms with van der Waals surface area (Å²) in [7, 11) is 0. The van der Waals surface area contributed by atoms with Crippen LogP contribution in [-0.4, -0.2) is 18.7 Å². The average Bonchev–Trinajstić information content (AvgIpc) is 2.44. The number of carbonyl (C=O) groups is 1. The quantitative estimate of drug-likeness (QED) is 0.806. The standard InChI is InChI=1S/C15H16F3NO2/c1-3-12-7-5-10-9-11(15(16,17)18)6-8-13(10)19(12)14(20)21-4-2/h5-9,12H,3-4H2,1-2H3/t12-/m1/s1. The fraction of sp³-hybridized carbons (Fsp3) is 0.400. The third-order valence-corrected chi connectivity index (χ3v) is 3.33. The minimum Gasteiger partial charge on any atom is -0.449 e. The molecule has 1 aromatic carbocycles. The molecule has 0 aliphatic carbocycles. The van der Waals surface area contributed by atoms with Gasteiger partial charge in [0.25, 0.3) is 0 Å². The van der Waals surface area contributed by atoms with E-state index in [1.54, 1.807) is 19.1 Å². The van der Waals surface area contributed by atoms with Crippen molar-refractivity contribution in [3.8, 4) is 0 Å². The van der Waals surface area contributed by atoms with Gasteiger partial charge in [-0.1, -0.05) is 19.1 Å². The first-order chi connectivity index (χ1) is 9.88. The Labute approximate surface area is 121 Å². The van der Waals surface area contributed by atoms with E-state index in [1.165, 1.54) is 11.0 Å². The van der Waals surface area contributed by atoms with Gasteiger partial charge in [0.2, 0.25) is 0 Å². The Morgan fingerprint density at radius 1 is 1.33 bits per heavy atom. The normalized spacial score (nSPS) is 17.6. The van der Waals surface area contributed by atoms with E-state index in [-0.39, 0.29) is 12.6 Å². The number of amides is 1. The number of halogens is 3. The Balaban J connectivity index is 2.45. The van der Waals surface area contributed by atoms with E-state index in [4.69, 9.17) is 4.74 Å². The van der Waals surface area contributed by atoms with Crippen LogP contribution in [0.2, 0.25) is 0 Å². The van der Waals surface area contributed by atoms with Crippen LogP contribution in [-0.2, 0) is 10.9 Å². The van der Waals surface area contributed by atoms with E-state index in [9.17, 15) is 18.0 Å².